The van der Waals surface area contributed by atoms with Gasteiger partial charge in [0.15, 0.2) is 0 Å². The van der Waals surface area contributed by atoms with E-state index >= 15 is 0 Å². The van der Waals surface area contributed by atoms with Crippen molar-refractivity contribution in [3.8, 4) is 11.5 Å². The highest BCUT2D eigenvalue weighted by Crippen LogP contribution is 2.27. The lowest BCUT2D eigenvalue weighted by atomic mass is 9.99. The van der Waals surface area contributed by atoms with Gasteiger partial charge in [0, 0.05) is 18.2 Å². The molecule has 20 heavy (non-hydrogen) atoms. The molecule has 1 aromatic rings. The van der Waals surface area contributed by atoms with E-state index in [0.717, 1.165) is 36.6 Å². The summed E-state index contributed by atoms with van der Waals surface area (Å²) in [6, 6.07) is 5.93. The lowest BCUT2D eigenvalue weighted by Crippen LogP contribution is -2.19. The second kappa shape index (κ2) is 8.64. The average molecular weight is 277 g/mol. The molecule has 0 aliphatic heterocycles. The molecule has 0 heterocycles. The Hall–Kier alpha value is -1.48. The first-order valence-corrected chi connectivity index (χ1v) is 7.25. The fraction of sp³-hybridized carbons (Fsp3) is 0.529. The maximum Gasteiger partial charge on any atom is 0.129 e. The molecule has 0 radical (unpaired) electrons. The van der Waals surface area contributed by atoms with Crippen LogP contribution >= 0.6 is 0 Å². The van der Waals surface area contributed by atoms with Crippen molar-refractivity contribution in [1.82, 2.24) is 5.32 Å². The molecule has 1 aromatic carbocycles. The molecule has 1 N–H and O–H groups in total. The van der Waals surface area contributed by atoms with Crippen LogP contribution in [-0.2, 0) is 0 Å². The van der Waals surface area contributed by atoms with E-state index in [1.165, 1.54) is 5.57 Å². The highest BCUT2D eigenvalue weighted by Gasteiger charge is 2.07. The molecule has 1 rings (SSSR count). The number of nitrogens with one attached hydrogen (secondary N) is 1. The maximum atomic E-state index is 5.45. The highest BCUT2D eigenvalue weighted by atomic mass is 16.5. The zero-order valence-electron chi connectivity index (χ0n) is 13.3. The van der Waals surface area contributed by atoms with Crippen molar-refractivity contribution in [2.24, 2.45) is 5.92 Å². The van der Waals surface area contributed by atoms with Gasteiger partial charge in [-0.05, 0) is 31.0 Å². The molecule has 0 amide bonds. The van der Waals surface area contributed by atoms with E-state index in [-0.39, 0.29) is 0 Å². The van der Waals surface area contributed by atoms with E-state index in [9.17, 15) is 0 Å². The lowest BCUT2D eigenvalue weighted by molar-refractivity contribution is 0.393. The predicted octanol–water partition coefficient (Wildman–Crippen LogP) is 3.74. The van der Waals surface area contributed by atoms with Gasteiger partial charge in [-0.25, -0.2) is 0 Å². The summed E-state index contributed by atoms with van der Waals surface area (Å²) in [4.78, 5) is 0. The minimum atomic E-state index is 0.506. The van der Waals surface area contributed by atoms with Crippen molar-refractivity contribution in [3.05, 3.63) is 29.3 Å². The number of rotatable bonds is 8. The Morgan fingerprint density at radius 2 is 2.00 bits per heavy atom. The van der Waals surface area contributed by atoms with Gasteiger partial charge < -0.3 is 14.8 Å². The molecule has 112 valence electrons. The van der Waals surface area contributed by atoms with Crippen LogP contribution in [-0.4, -0.2) is 27.3 Å². The summed E-state index contributed by atoms with van der Waals surface area (Å²) in [6.07, 6.45) is 3.36. The van der Waals surface area contributed by atoms with Crippen molar-refractivity contribution in [3.63, 3.8) is 0 Å². The normalized spacial score (nSPS) is 11.8. The Morgan fingerprint density at radius 3 is 2.55 bits per heavy atom. The van der Waals surface area contributed by atoms with Crippen LogP contribution in [0.15, 0.2) is 23.8 Å². The van der Waals surface area contributed by atoms with Gasteiger partial charge >= 0.3 is 0 Å². The smallest absolute Gasteiger partial charge is 0.129 e. The molecule has 0 saturated carbocycles. The third-order valence-corrected chi connectivity index (χ3v) is 3.28. The minimum Gasteiger partial charge on any atom is -0.497 e. The summed E-state index contributed by atoms with van der Waals surface area (Å²) in [6.45, 7) is 8.58. The second-order valence-corrected chi connectivity index (χ2v) is 5.16. The molecule has 0 bridgehead atoms. The summed E-state index contributed by atoms with van der Waals surface area (Å²) >= 11 is 0. The van der Waals surface area contributed by atoms with Crippen LogP contribution in [0.3, 0.4) is 0 Å². The molecule has 0 unspecified atom stereocenters. The molecule has 0 saturated heterocycles. The Morgan fingerprint density at radius 1 is 1.25 bits per heavy atom. The Bertz CT molecular complexity index is 439. The van der Waals surface area contributed by atoms with Gasteiger partial charge in [-0.1, -0.05) is 32.4 Å². The van der Waals surface area contributed by atoms with Gasteiger partial charge in [-0.3, -0.25) is 0 Å². The topological polar surface area (TPSA) is 30.5 Å². The van der Waals surface area contributed by atoms with Crippen molar-refractivity contribution < 1.29 is 9.47 Å². The standard InChI is InChI=1S/C17H27NO2/c1-6-9-18-12-15(13(2)3)10-14-7-8-16(19-4)11-17(14)20-5/h7-8,10-11,13,18H,6,9,12H2,1-5H3. The molecular weight excluding hydrogens is 250 g/mol. The lowest BCUT2D eigenvalue weighted by Gasteiger charge is -2.14. The third kappa shape index (κ3) is 4.89. The van der Waals surface area contributed by atoms with E-state index in [1.807, 2.05) is 18.2 Å². The molecule has 3 heteroatoms. The Labute approximate surface area is 123 Å². The second-order valence-electron chi connectivity index (χ2n) is 5.16. The number of benzene rings is 1. The average Bonchev–Trinajstić information content (AvgIpc) is 2.46. The summed E-state index contributed by atoms with van der Waals surface area (Å²) in [7, 11) is 3.36. The first kappa shape index (κ1) is 16.6. The van der Waals surface area contributed by atoms with Crippen LogP contribution in [0, 0.1) is 5.92 Å². The summed E-state index contributed by atoms with van der Waals surface area (Å²) < 4.78 is 10.7. The quantitative estimate of drug-likeness (QED) is 0.734. The number of hydrogen-bond donors (Lipinski definition) is 1. The van der Waals surface area contributed by atoms with Crippen LogP contribution < -0.4 is 14.8 Å². The van der Waals surface area contributed by atoms with Gasteiger partial charge in [0.05, 0.1) is 14.2 Å². The summed E-state index contributed by atoms with van der Waals surface area (Å²) in [5.41, 5.74) is 2.47. The highest BCUT2D eigenvalue weighted by molar-refractivity contribution is 5.62. The zero-order valence-corrected chi connectivity index (χ0v) is 13.3. The van der Waals surface area contributed by atoms with E-state index in [0.29, 0.717) is 5.92 Å². The van der Waals surface area contributed by atoms with E-state index in [4.69, 9.17) is 9.47 Å². The van der Waals surface area contributed by atoms with Gasteiger partial charge in [-0.15, -0.1) is 0 Å². The van der Waals surface area contributed by atoms with Crippen molar-refractivity contribution >= 4 is 6.08 Å². The van der Waals surface area contributed by atoms with E-state index in [2.05, 4.69) is 32.2 Å². The third-order valence-electron chi connectivity index (χ3n) is 3.28. The van der Waals surface area contributed by atoms with Gasteiger partial charge in [-0.2, -0.15) is 0 Å². The number of hydrogen-bond acceptors (Lipinski definition) is 3. The predicted molar refractivity (Wildman–Crippen MR) is 85.5 cm³/mol. The molecule has 0 aliphatic rings. The Kier molecular flexibility index (Phi) is 7.16. The molecule has 0 aliphatic carbocycles. The first-order chi connectivity index (χ1) is 9.62. The minimum absolute atomic E-state index is 0.506. The number of ether oxygens (including phenoxy) is 2. The molecule has 0 atom stereocenters. The van der Waals surface area contributed by atoms with Crippen molar-refractivity contribution in [2.75, 3.05) is 27.3 Å². The molecular formula is C17H27NO2. The van der Waals surface area contributed by atoms with Crippen LogP contribution in [0.5, 0.6) is 11.5 Å². The molecule has 3 nitrogen and oxygen atoms in total. The molecule has 0 fully saturated rings. The van der Waals surface area contributed by atoms with Gasteiger partial charge in [0.1, 0.15) is 11.5 Å². The van der Waals surface area contributed by atoms with Gasteiger partial charge in [0.2, 0.25) is 0 Å². The van der Waals surface area contributed by atoms with Crippen molar-refractivity contribution in [2.45, 2.75) is 27.2 Å². The Balaban J connectivity index is 2.97. The van der Waals surface area contributed by atoms with Crippen LogP contribution in [0.4, 0.5) is 0 Å². The summed E-state index contributed by atoms with van der Waals surface area (Å²) in [5.74, 6) is 2.17. The van der Waals surface area contributed by atoms with Crippen LogP contribution in [0.2, 0.25) is 0 Å². The number of methoxy groups -OCH3 is 2. The molecule has 0 aromatic heterocycles. The van der Waals surface area contributed by atoms with E-state index in [1.54, 1.807) is 14.2 Å². The van der Waals surface area contributed by atoms with Crippen LogP contribution in [0.25, 0.3) is 6.08 Å². The van der Waals surface area contributed by atoms with Gasteiger partial charge in [0.25, 0.3) is 0 Å². The van der Waals surface area contributed by atoms with Crippen molar-refractivity contribution in [1.29, 1.82) is 0 Å². The largest absolute Gasteiger partial charge is 0.497 e. The summed E-state index contributed by atoms with van der Waals surface area (Å²) in [5, 5.41) is 3.46. The molecule has 0 spiro atoms. The fourth-order valence-corrected chi connectivity index (χ4v) is 1.97. The zero-order chi connectivity index (χ0) is 15.0. The SMILES string of the molecule is CCCNCC(=Cc1ccc(OC)cc1OC)C(C)C. The monoisotopic (exact) mass is 277 g/mol. The maximum absolute atomic E-state index is 5.45. The fourth-order valence-electron chi connectivity index (χ4n) is 1.97. The first-order valence-electron chi connectivity index (χ1n) is 7.25. The van der Waals surface area contributed by atoms with E-state index < -0.39 is 0 Å². The van der Waals surface area contributed by atoms with Crippen LogP contribution in [0.1, 0.15) is 32.8 Å².